The zero-order chi connectivity index (χ0) is 13.8. The SMILES string of the molecule is Cc1ccc(OCc2ccc(CN)cc2F)c(Br)c1. The van der Waals surface area contributed by atoms with Gasteiger partial charge in [-0.05, 0) is 52.2 Å². The van der Waals surface area contributed by atoms with E-state index in [1.165, 1.54) is 6.07 Å². The first-order chi connectivity index (χ1) is 9.10. The molecule has 0 aliphatic carbocycles. The van der Waals surface area contributed by atoms with Crippen molar-refractivity contribution in [3.63, 3.8) is 0 Å². The van der Waals surface area contributed by atoms with Crippen LogP contribution in [0.4, 0.5) is 4.39 Å². The molecule has 0 aliphatic heterocycles. The van der Waals surface area contributed by atoms with Crippen molar-refractivity contribution in [3.05, 3.63) is 63.4 Å². The van der Waals surface area contributed by atoms with Gasteiger partial charge in [0.15, 0.2) is 0 Å². The van der Waals surface area contributed by atoms with Crippen LogP contribution in [0.25, 0.3) is 0 Å². The van der Waals surface area contributed by atoms with Crippen LogP contribution in [-0.2, 0) is 13.2 Å². The Bertz CT molecular complexity index is 586. The first kappa shape index (κ1) is 14.0. The van der Waals surface area contributed by atoms with E-state index in [9.17, 15) is 4.39 Å². The fourth-order valence-electron chi connectivity index (χ4n) is 1.71. The monoisotopic (exact) mass is 323 g/mol. The maximum absolute atomic E-state index is 13.8. The number of nitrogens with two attached hydrogens (primary N) is 1. The van der Waals surface area contributed by atoms with E-state index in [4.69, 9.17) is 10.5 Å². The molecule has 0 heterocycles. The Morgan fingerprint density at radius 2 is 2.00 bits per heavy atom. The Morgan fingerprint density at radius 3 is 2.63 bits per heavy atom. The maximum atomic E-state index is 13.8. The number of halogens is 2. The number of hydrogen-bond acceptors (Lipinski definition) is 2. The molecule has 0 amide bonds. The molecule has 19 heavy (non-hydrogen) atoms. The van der Waals surface area contributed by atoms with Crippen molar-refractivity contribution in [2.24, 2.45) is 5.73 Å². The second kappa shape index (κ2) is 6.17. The number of aryl methyl sites for hydroxylation is 1. The zero-order valence-corrected chi connectivity index (χ0v) is 12.2. The Kier molecular flexibility index (Phi) is 4.56. The molecule has 2 rings (SSSR count). The van der Waals surface area contributed by atoms with Crippen molar-refractivity contribution >= 4 is 15.9 Å². The van der Waals surface area contributed by atoms with Crippen molar-refractivity contribution in [1.82, 2.24) is 0 Å². The molecule has 0 radical (unpaired) electrons. The number of hydrogen-bond donors (Lipinski definition) is 1. The van der Waals surface area contributed by atoms with E-state index in [1.807, 2.05) is 31.2 Å². The molecule has 100 valence electrons. The third-order valence-corrected chi connectivity index (χ3v) is 3.44. The lowest BCUT2D eigenvalue weighted by molar-refractivity contribution is 0.298. The average molecular weight is 324 g/mol. The third kappa shape index (κ3) is 3.55. The van der Waals surface area contributed by atoms with Crippen LogP contribution in [0.3, 0.4) is 0 Å². The molecule has 2 aromatic carbocycles. The first-order valence-electron chi connectivity index (χ1n) is 5.96. The van der Waals surface area contributed by atoms with Crippen LogP contribution in [0.1, 0.15) is 16.7 Å². The van der Waals surface area contributed by atoms with Gasteiger partial charge in [0.25, 0.3) is 0 Å². The summed E-state index contributed by atoms with van der Waals surface area (Å²) >= 11 is 3.43. The fraction of sp³-hybridized carbons (Fsp3) is 0.200. The molecule has 0 saturated heterocycles. The fourth-order valence-corrected chi connectivity index (χ4v) is 2.32. The van der Waals surface area contributed by atoms with Crippen molar-refractivity contribution in [2.75, 3.05) is 0 Å². The molecule has 0 fully saturated rings. The Morgan fingerprint density at radius 1 is 1.21 bits per heavy atom. The molecule has 0 atom stereocenters. The number of ether oxygens (including phenoxy) is 1. The Hall–Kier alpha value is -1.39. The van der Waals surface area contributed by atoms with E-state index < -0.39 is 0 Å². The minimum atomic E-state index is -0.286. The van der Waals surface area contributed by atoms with Crippen LogP contribution in [0.5, 0.6) is 5.75 Å². The van der Waals surface area contributed by atoms with E-state index in [0.717, 1.165) is 15.6 Å². The number of benzene rings is 2. The van der Waals surface area contributed by atoms with Gasteiger partial charge in [0.2, 0.25) is 0 Å². The zero-order valence-electron chi connectivity index (χ0n) is 10.6. The molecule has 0 unspecified atom stereocenters. The van der Waals surface area contributed by atoms with Gasteiger partial charge in [-0.25, -0.2) is 4.39 Å². The van der Waals surface area contributed by atoms with E-state index in [-0.39, 0.29) is 12.4 Å². The molecular weight excluding hydrogens is 309 g/mol. The van der Waals surface area contributed by atoms with Crippen LogP contribution < -0.4 is 10.5 Å². The van der Waals surface area contributed by atoms with E-state index in [1.54, 1.807) is 6.07 Å². The minimum Gasteiger partial charge on any atom is -0.488 e. The van der Waals surface area contributed by atoms with Crippen molar-refractivity contribution in [2.45, 2.75) is 20.1 Å². The largest absolute Gasteiger partial charge is 0.488 e. The number of rotatable bonds is 4. The average Bonchev–Trinajstić information content (AvgIpc) is 2.39. The summed E-state index contributed by atoms with van der Waals surface area (Å²) in [5, 5.41) is 0. The summed E-state index contributed by atoms with van der Waals surface area (Å²) < 4.78 is 20.2. The second-order valence-corrected chi connectivity index (χ2v) is 5.21. The molecule has 0 aromatic heterocycles. The lowest BCUT2D eigenvalue weighted by Gasteiger charge is -2.10. The van der Waals surface area contributed by atoms with E-state index in [0.29, 0.717) is 17.9 Å². The summed E-state index contributed by atoms with van der Waals surface area (Å²) in [5.74, 6) is 0.416. The van der Waals surface area contributed by atoms with Gasteiger partial charge >= 0.3 is 0 Å². The first-order valence-corrected chi connectivity index (χ1v) is 6.76. The smallest absolute Gasteiger partial charge is 0.134 e. The van der Waals surface area contributed by atoms with E-state index in [2.05, 4.69) is 15.9 Å². The summed E-state index contributed by atoms with van der Waals surface area (Å²) in [7, 11) is 0. The van der Waals surface area contributed by atoms with Gasteiger partial charge in [-0.3, -0.25) is 0 Å². The summed E-state index contributed by atoms with van der Waals surface area (Å²) in [6, 6.07) is 10.7. The normalized spacial score (nSPS) is 10.5. The highest BCUT2D eigenvalue weighted by molar-refractivity contribution is 9.10. The van der Waals surface area contributed by atoms with Crippen molar-refractivity contribution < 1.29 is 9.13 Å². The van der Waals surface area contributed by atoms with Gasteiger partial charge in [-0.1, -0.05) is 18.2 Å². The topological polar surface area (TPSA) is 35.2 Å². The molecule has 2 nitrogen and oxygen atoms in total. The lowest BCUT2D eigenvalue weighted by Crippen LogP contribution is -2.02. The van der Waals surface area contributed by atoms with Gasteiger partial charge in [-0.2, -0.15) is 0 Å². The molecular formula is C15H15BrFNO. The Labute approximate surface area is 120 Å². The molecule has 0 spiro atoms. The highest BCUT2D eigenvalue weighted by Crippen LogP contribution is 2.26. The predicted octanol–water partition coefficient (Wildman–Crippen LogP) is 3.93. The summed E-state index contributed by atoms with van der Waals surface area (Å²) in [4.78, 5) is 0. The summed E-state index contributed by atoms with van der Waals surface area (Å²) in [6.07, 6.45) is 0. The summed E-state index contributed by atoms with van der Waals surface area (Å²) in [6.45, 7) is 2.53. The van der Waals surface area contributed by atoms with Gasteiger partial charge in [0.05, 0.1) is 4.47 Å². The standard InChI is InChI=1S/C15H15BrFNO/c1-10-2-5-15(13(16)6-10)19-9-12-4-3-11(8-18)7-14(12)17/h2-7H,8-9,18H2,1H3. The predicted molar refractivity (Wildman–Crippen MR) is 77.5 cm³/mol. The van der Waals surface area contributed by atoms with Crippen molar-refractivity contribution in [3.8, 4) is 5.75 Å². The highest BCUT2D eigenvalue weighted by Gasteiger charge is 2.06. The van der Waals surface area contributed by atoms with Crippen LogP contribution in [0.2, 0.25) is 0 Å². The van der Waals surface area contributed by atoms with Gasteiger partial charge in [-0.15, -0.1) is 0 Å². The van der Waals surface area contributed by atoms with Crippen molar-refractivity contribution in [1.29, 1.82) is 0 Å². The van der Waals surface area contributed by atoms with Gasteiger partial charge in [0, 0.05) is 12.1 Å². The van der Waals surface area contributed by atoms with Crippen LogP contribution in [0, 0.1) is 12.7 Å². The molecule has 0 saturated carbocycles. The quantitative estimate of drug-likeness (QED) is 0.925. The second-order valence-electron chi connectivity index (χ2n) is 4.35. The summed E-state index contributed by atoms with van der Waals surface area (Å²) in [5.41, 5.74) is 7.89. The lowest BCUT2D eigenvalue weighted by atomic mass is 10.1. The highest BCUT2D eigenvalue weighted by atomic mass is 79.9. The molecule has 2 aromatic rings. The van der Waals surface area contributed by atoms with Gasteiger partial charge < -0.3 is 10.5 Å². The minimum absolute atomic E-state index is 0.193. The Balaban J connectivity index is 2.10. The van der Waals surface area contributed by atoms with Crippen LogP contribution >= 0.6 is 15.9 Å². The molecule has 0 bridgehead atoms. The van der Waals surface area contributed by atoms with Crippen LogP contribution in [-0.4, -0.2) is 0 Å². The molecule has 4 heteroatoms. The van der Waals surface area contributed by atoms with E-state index >= 15 is 0 Å². The third-order valence-electron chi connectivity index (χ3n) is 2.82. The van der Waals surface area contributed by atoms with Crippen LogP contribution in [0.15, 0.2) is 40.9 Å². The molecule has 2 N–H and O–H groups in total. The molecule has 0 aliphatic rings. The maximum Gasteiger partial charge on any atom is 0.134 e. The van der Waals surface area contributed by atoms with Gasteiger partial charge in [0.1, 0.15) is 18.2 Å².